The van der Waals surface area contributed by atoms with E-state index in [2.05, 4.69) is 5.10 Å². The second kappa shape index (κ2) is 6.93. The molecule has 1 spiro atoms. The molecule has 29 heavy (non-hydrogen) atoms. The molecule has 1 unspecified atom stereocenters. The van der Waals surface area contributed by atoms with Crippen molar-refractivity contribution >= 4 is 18.1 Å². The molecule has 0 radical (unpaired) electrons. The van der Waals surface area contributed by atoms with E-state index >= 15 is 0 Å². The number of aryl methyl sites for hydroxylation is 1. The van der Waals surface area contributed by atoms with E-state index in [4.69, 9.17) is 18.9 Å². The smallest absolute Gasteiger partial charge is 0.435 e. The van der Waals surface area contributed by atoms with Crippen molar-refractivity contribution in [2.24, 2.45) is 5.10 Å². The Hall–Kier alpha value is -2.77. The topological polar surface area (TPSA) is 86.7 Å². The number of ether oxygens (including phenoxy) is 4. The van der Waals surface area contributed by atoms with Crippen molar-refractivity contribution in [1.29, 1.82) is 0 Å². The predicted molar refractivity (Wildman–Crippen MR) is 105 cm³/mol. The van der Waals surface area contributed by atoms with Gasteiger partial charge in [0.2, 0.25) is 0 Å². The van der Waals surface area contributed by atoms with Gasteiger partial charge in [-0.3, -0.25) is 0 Å². The molecule has 0 saturated carbocycles. The summed E-state index contributed by atoms with van der Waals surface area (Å²) in [5.41, 5.74) is -0.0965. The van der Waals surface area contributed by atoms with Crippen LogP contribution >= 0.6 is 0 Å². The van der Waals surface area contributed by atoms with Crippen molar-refractivity contribution in [2.45, 2.75) is 78.7 Å². The van der Waals surface area contributed by atoms with Gasteiger partial charge in [0, 0.05) is 5.56 Å². The minimum absolute atomic E-state index is 0.190. The van der Waals surface area contributed by atoms with Crippen molar-refractivity contribution in [1.82, 2.24) is 5.01 Å². The van der Waals surface area contributed by atoms with Crippen molar-refractivity contribution < 1.29 is 28.5 Å². The zero-order valence-electron chi connectivity index (χ0n) is 18.2. The first-order valence-corrected chi connectivity index (χ1v) is 9.69. The molecular formula is C21H28N2O6. The fourth-order valence-corrected chi connectivity index (χ4v) is 3.27. The van der Waals surface area contributed by atoms with E-state index in [9.17, 15) is 9.59 Å². The molecule has 2 heterocycles. The zero-order chi connectivity index (χ0) is 21.7. The average Bonchev–Trinajstić information content (AvgIpc) is 3.05. The van der Waals surface area contributed by atoms with Gasteiger partial charge >= 0.3 is 23.9 Å². The lowest BCUT2D eigenvalue weighted by Gasteiger charge is -2.28. The molecule has 2 aliphatic rings. The molecule has 1 atom stereocenters. The van der Waals surface area contributed by atoms with Crippen LogP contribution in [0.15, 0.2) is 17.2 Å². The summed E-state index contributed by atoms with van der Waals surface area (Å²) >= 11 is 0. The zero-order valence-corrected chi connectivity index (χ0v) is 18.2. The Morgan fingerprint density at radius 1 is 1.17 bits per heavy atom. The fraction of sp³-hybridized carbons (Fsp3) is 0.571. The average molecular weight is 404 g/mol. The molecule has 8 heteroatoms. The van der Waals surface area contributed by atoms with Gasteiger partial charge in [-0.15, -0.1) is 5.01 Å². The van der Waals surface area contributed by atoms with Gasteiger partial charge in [0.1, 0.15) is 5.75 Å². The first kappa shape index (κ1) is 21.0. The Balaban J connectivity index is 2.19. The van der Waals surface area contributed by atoms with E-state index in [-0.39, 0.29) is 17.6 Å². The summed E-state index contributed by atoms with van der Waals surface area (Å²) in [7, 11) is 0. The highest BCUT2D eigenvalue weighted by Gasteiger charge is 2.65. The highest BCUT2D eigenvalue weighted by molar-refractivity contribution is 5.96. The summed E-state index contributed by atoms with van der Waals surface area (Å²) in [6.07, 6.45) is -1.70. The van der Waals surface area contributed by atoms with Crippen molar-refractivity contribution in [3.05, 3.63) is 28.8 Å². The van der Waals surface area contributed by atoms with Crippen LogP contribution < -0.4 is 4.74 Å². The SMILES string of the molecule is Cc1cc(C(C)(C)C)c2c(c1)C1(OC(OC(C)C)=NN1C(=O)OC(C)C)C(=O)O2. The maximum atomic E-state index is 13.2. The number of fused-ring (bicyclic) bond motifs is 2. The van der Waals surface area contributed by atoms with E-state index in [1.807, 2.05) is 33.8 Å². The monoisotopic (exact) mass is 404 g/mol. The molecule has 0 saturated heterocycles. The van der Waals surface area contributed by atoms with E-state index in [1.165, 1.54) is 0 Å². The summed E-state index contributed by atoms with van der Waals surface area (Å²) in [5.74, 6) is -0.396. The van der Waals surface area contributed by atoms with Gasteiger partial charge < -0.3 is 18.9 Å². The van der Waals surface area contributed by atoms with Crippen LogP contribution in [0.4, 0.5) is 4.79 Å². The molecule has 158 valence electrons. The Morgan fingerprint density at radius 2 is 1.83 bits per heavy atom. The van der Waals surface area contributed by atoms with Crippen LogP contribution in [0.1, 0.15) is 65.2 Å². The second-order valence-corrected chi connectivity index (χ2v) is 8.85. The Kier molecular flexibility index (Phi) is 5.01. The number of amides is 1. The first-order chi connectivity index (χ1) is 13.4. The van der Waals surface area contributed by atoms with Gasteiger partial charge in [-0.25, -0.2) is 9.59 Å². The number of benzene rings is 1. The second-order valence-electron chi connectivity index (χ2n) is 8.85. The van der Waals surface area contributed by atoms with Gasteiger partial charge in [-0.2, -0.15) is 0 Å². The van der Waals surface area contributed by atoms with Gasteiger partial charge in [0.25, 0.3) is 0 Å². The number of nitrogens with zero attached hydrogens (tertiary/aromatic N) is 2. The van der Waals surface area contributed by atoms with Crippen LogP contribution in [-0.4, -0.2) is 35.4 Å². The highest BCUT2D eigenvalue weighted by atomic mass is 16.7. The Morgan fingerprint density at radius 3 is 2.38 bits per heavy atom. The molecule has 0 N–H and O–H groups in total. The quantitative estimate of drug-likeness (QED) is 0.548. The number of hydrazone groups is 1. The molecule has 0 bridgehead atoms. The molecule has 0 aliphatic carbocycles. The molecule has 2 aliphatic heterocycles. The van der Waals surface area contributed by atoms with Gasteiger partial charge in [0.05, 0.1) is 17.8 Å². The van der Waals surface area contributed by atoms with Crippen molar-refractivity contribution in [3.8, 4) is 5.75 Å². The minimum atomic E-state index is -1.92. The van der Waals surface area contributed by atoms with Crippen LogP contribution in [0.3, 0.4) is 0 Å². The Bertz CT molecular complexity index is 884. The fourth-order valence-electron chi connectivity index (χ4n) is 3.27. The summed E-state index contributed by atoms with van der Waals surface area (Å²) in [4.78, 5) is 26.0. The number of hydrogen-bond donors (Lipinski definition) is 0. The Labute approximate surface area is 170 Å². The lowest BCUT2D eigenvalue weighted by molar-refractivity contribution is -0.165. The lowest BCUT2D eigenvalue weighted by Crippen LogP contribution is -2.50. The molecule has 0 aromatic heterocycles. The van der Waals surface area contributed by atoms with Crippen LogP contribution in [-0.2, 0) is 30.1 Å². The van der Waals surface area contributed by atoms with Crippen LogP contribution in [0.2, 0.25) is 0 Å². The normalized spacial score (nSPS) is 20.7. The highest BCUT2D eigenvalue weighted by Crippen LogP contribution is 2.50. The first-order valence-electron chi connectivity index (χ1n) is 9.69. The molecule has 1 amide bonds. The van der Waals surface area contributed by atoms with Crippen molar-refractivity contribution in [2.75, 3.05) is 0 Å². The number of esters is 1. The van der Waals surface area contributed by atoms with E-state index in [0.717, 1.165) is 16.1 Å². The maximum absolute atomic E-state index is 13.2. The predicted octanol–water partition coefficient (Wildman–Crippen LogP) is 3.94. The largest absolute Gasteiger partial charge is 0.447 e. The summed E-state index contributed by atoms with van der Waals surface area (Å²) in [6, 6.07) is 3.72. The van der Waals surface area contributed by atoms with Crippen LogP contribution in [0, 0.1) is 6.92 Å². The number of carbonyl (C=O) groups excluding carboxylic acids is 2. The molecule has 1 aromatic rings. The van der Waals surface area contributed by atoms with Crippen LogP contribution in [0.5, 0.6) is 5.75 Å². The van der Waals surface area contributed by atoms with Crippen LogP contribution in [0.25, 0.3) is 0 Å². The molecule has 1 aromatic carbocycles. The van der Waals surface area contributed by atoms with E-state index < -0.39 is 23.9 Å². The lowest BCUT2D eigenvalue weighted by atomic mass is 9.83. The van der Waals surface area contributed by atoms with Gasteiger partial charge in [-0.1, -0.05) is 37.5 Å². The van der Waals surface area contributed by atoms with Gasteiger partial charge in [-0.05, 0) is 46.1 Å². The summed E-state index contributed by atoms with van der Waals surface area (Å²) in [5, 5.41) is 5.00. The third-order valence-electron chi connectivity index (χ3n) is 4.44. The minimum Gasteiger partial charge on any atom is -0.447 e. The maximum Gasteiger partial charge on any atom is 0.435 e. The van der Waals surface area contributed by atoms with E-state index in [0.29, 0.717) is 11.3 Å². The van der Waals surface area contributed by atoms with Gasteiger partial charge in [0.15, 0.2) is 0 Å². The molecule has 3 rings (SSSR count). The third kappa shape index (κ3) is 3.52. The van der Waals surface area contributed by atoms with Crippen molar-refractivity contribution in [3.63, 3.8) is 0 Å². The molecular weight excluding hydrogens is 376 g/mol. The number of carbonyl (C=O) groups is 2. The number of hydrogen-bond acceptors (Lipinski definition) is 7. The third-order valence-corrected chi connectivity index (χ3v) is 4.44. The standard InChI is InChI=1S/C21H28N2O6/c1-11(2)26-18-22-23(19(25)27-12(3)4)21(29-18)15-10-13(5)9-14(20(6,7)8)16(15)28-17(21)24/h9-12H,1-8H3. The van der Waals surface area contributed by atoms with E-state index in [1.54, 1.807) is 33.8 Å². The molecule has 0 fully saturated rings. The summed E-state index contributed by atoms with van der Waals surface area (Å²) < 4.78 is 22.4. The number of rotatable bonds is 2. The summed E-state index contributed by atoms with van der Waals surface area (Å²) in [6.45, 7) is 15.0. The molecule has 8 nitrogen and oxygen atoms in total.